The second-order valence-corrected chi connectivity index (χ2v) is 11.6. The molecule has 0 bridgehead atoms. The van der Waals surface area contributed by atoms with Crippen molar-refractivity contribution in [1.82, 2.24) is 15.1 Å². The molecule has 0 radical (unpaired) electrons. The van der Waals surface area contributed by atoms with Gasteiger partial charge < -0.3 is 15.5 Å². The normalized spacial score (nSPS) is 18.4. The van der Waals surface area contributed by atoms with Crippen molar-refractivity contribution in [2.75, 3.05) is 18.9 Å². The zero-order chi connectivity index (χ0) is 28.7. The molecule has 0 aromatic heterocycles. The van der Waals surface area contributed by atoms with Gasteiger partial charge in [-0.2, -0.15) is 0 Å². The van der Waals surface area contributed by atoms with Crippen LogP contribution in [0.25, 0.3) is 0 Å². The molecule has 1 saturated heterocycles. The van der Waals surface area contributed by atoms with Gasteiger partial charge in [-0.15, -0.1) is 0 Å². The van der Waals surface area contributed by atoms with Crippen molar-refractivity contribution in [2.45, 2.75) is 91.9 Å². The average Bonchev–Trinajstić information content (AvgIpc) is 2.86. The van der Waals surface area contributed by atoms with Gasteiger partial charge in [0.2, 0.25) is 11.8 Å². The summed E-state index contributed by atoms with van der Waals surface area (Å²) in [6.45, 7) is 14.5. The molecule has 0 spiro atoms. The number of amides is 3. The molecule has 3 atom stereocenters. The minimum atomic E-state index is -0.687. The van der Waals surface area contributed by atoms with Crippen molar-refractivity contribution in [3.8, 4) is 0 Å². The van der Waals surface area contributed by atoms with Gasteiger partial charge in [-0.1, -0.05) is 51.8 Å². The summed E-state index contributed by atoms with van der Waals surface area (Å²) in [4.78, 5) is 43.7. The number of rotatable bonds is 10. The van der Waals surface area contributed by atoms with Gasteiger partial charge in [0.05, 0.1) is 17.1 Å². The molecule has 1 aliphatic rings. The maximum atomic E-state index is 13.7. The zero-order valence-electron chi connectivity index (χ0n) is 24.0. The van der Waals surface area contributed by atoms with Crippen molar-refractivity contribution < 1.29 is 18.8 Å². The van der Waals surface area contributed by atoms with E-state index in [9.17, 15) is 18.8 Å². The summed E-state index contributed by atoms with van der Waals surface area (Å²) in [7, 11) is 1.71. The molecule has 1 unspecified atom stereocenters. The van der Waals surface area contributed by atoms with Gasteiger partial charge in [0.25, 0.3) is 5.91 Å². The van der Waals surface area contributed by atoms with Gasteiger partial charge in [0.1, 0.15) is 11.9 Å². The lowest BCUT2D eigenvalue weighted by molar-refractivity contribution is -0.140. The lowest BCUT2D eigenvalue weighted by Gasteiger charge is -2.39. The second-order valence-electron chi connectivity index (χ2n) is 11.2. The Labute approximate surface area is 232 Å². The van der Waals surface area contributed by atoms with Crippen LogP contribution in [0.4, 0.5) is 10.1 Å². The third-order valence-electron chi connectivity index (χ3n) is 7.17. The van der Waals surface area contributed by atoms with Gasteiger partial charge in [0, 0.05) is 24.4 Å². The number of hydrogen-bond acceptors (Lipinski definition) is 4. The van der Waals surface area contributed by atoms with E-state index in [1.807, 2.05) is 27.7 Å². The predicted molar refractivity (Wildman–Crippen MR) is 151 cm³/mol. The SMILES string of the molecule is CC(=CC(C(C)C)N(C)C(=O)[C@@H](NC(=O)[C@H]1CCCCN1C(C)C)C(C)C)C(=O)Nc1ccc(F)c(Cl)c1. The first-order valence-electron chi connectivity index (χ1n) is 13.5. The Kier molecular flexibility index (Phi) is 11.8. The summed E-state index contributed by atoms with van der Waals surface area (Å²) in [6, 6.07) is 2.91. The summed E-state index contributed by atoms with van der Waals surface area (Å²) in [5, 5.41) is 5.68. The molecule has 1 aromatic rings. The van der Waals surface area contributed by atoms with E-state index in [4.69, 9.17) is 11.6 Å². The van der Waals surface area contributed by atoms with E-state index in [-0.39, 0.29) is 52.7 Å². The van der Waals surface area contributed by atoms with Crippen LogP contribution in [0.15, 0.2) is 29.8 Å². The fourth-order valence-electron chi connectivity index (χ4n) is 4.87. The largest absolute Gasteiger partial charge is 0.343 e. The number of benzene rings is 1. The number of carbonyl (C=O) groups excluding carboxylic acids is 3. The Balaban J connectivity index is 2.19. The number of nitrogens with one attached hydrogen (secondary N) is 2. The smallest absolute Gasteiger partial charge is 0.251 e. The summed E-state index contributed by atoms with van der Waals surface area (Å²) < 4.78 is 13.5. The molecule has 38 heavy (non-hydrogen) atoms. The van der Waals surface area contributed by atoms with Crippen molar-refractivity contribution in [1.29, 1.82) is 0 Å². The quantitative estimate of drug-likeness (QED) is 0.390. The van der Waals surface area contributed by atoms with Crippen LogP contribution in [0.5, 0.6) is 0 Å². The Morgan fingerprint density at radius 1 is 1.11 bits per heavy atom. The van der Waals surface area contributed by atoms with Crippen molar-refractivity contribution in [2.24, 2.45) is 11.8 Å². The minimum Gasteiger partial charge on any atom is -0.343 e. The highest BCUT2D eigenvalue weighted by atomic mass is 35.5. The highest BCUT2D eigenvalue weighted by Gasteiger charge is 2.36. The van der Waals surface area contributed by atoms with E-state index in [2.05, 4.69) is 29.4 Å². The number of nitrogens with zero attached hydrogens (tertiary/aromatic N) is 2. The highest BCUT2D eigenvalue weighted by molar-refractivity contribution is 6.31. The Morgan fingerprint density at radius 2 is 1.76 bits per heavy atom. The Bertz CT molecular complexity index is 1030. The number of piperidine rings is 1. The Hall–Kier alpha value is -2.45. The van der Waals surface area contributed by atoms with Crippen LogP contribution in [0.2, 0.25) is 5.02 Å². The van der Waals surface area contributed by atoms with E-state index in [0.717, 1.165) is 25.8 Å². The lowest BCUT2D eigenvalue weighted by Crippen LogP contribution is -2.58. The molecule has 2 rings (SSSR count). The first-order chi connectivity index (χ1) is 17.7. The molecule has 2 N–H and O–H groups in total. The van der Waals surface area contributed by atoms with Crippen LogP contribution < -0.4 is 10.6 Å². The first kappa shape index (κ1) is 31.8. The van der Waals surface area contributed by atoms with Crippen LogP contribution >= 0.6 is 11.6 Å². The van der Waals surface area contributed by atoms with Gasteiger partial charge in [-0.05, 0) is 70.2 Å². The third kappa shape index (κ3) is 8.27. The first-order valence-corrected chi connectivity index (χ1v) is 13.9. The number of likely N-dealkylation sites (tertiary alicyclic amines) is 1. The number of halogens is 2. The van der Waals surface area contributed by atoms with Gasteiger partial charge >= 0.3 is 0 Å². The van der Waals surface area contributed by atoms with Crippen LogP contribution in [0.3, 0.4) is 0 Å². The molecule has 1 aliphatic heterocycles. The molecule has 3 amide bonds. The molecule has 1 aromatic carbocycles. The maximum absolute atomic E-state index is 13.7. The van der Waals surface area contributed by atoms with E-state index in [1.54, 1.807) is 24.9 Å². The number of hydrogen-bond donors (Lipinski definition) is 2. The molecule has 1 fully saturated rings. The number of likely N-dealkylation sites (N-methyl/N-ethyl adjacent to an activating group) is 1. The molecule has 9 heteroatoms. The van der Waals surface area contributed by atoms with Crippen molar-refractivity contribution in [3.63, 3.8) is 0 Å². The fourth-order valence-corrected chi connectivity index (χ4v) is 5.05. The van der Waals surface area contributed by atoms with Crippen LogP contribution in [0, 0.1) is 17.7 Å². The molecular formula is C29H44ClFN4O3. The van der Waals surface area contributed by atoms with E-state index in [0.29, 0.717) is 11.3 Å². The molecule has 0 saturated carbocycles. The molecule has 212 valence electrons. The van der Waals surface area contributed by atoms with E-state index >= 15 is 0 Å². The van der Waals surface area contributed by atoms with Crippen LogP contribution in [-0.2, 0) is 14.4 Å². The van der Waals surface area contributed by atoms with E-state index in [1.165, 1.54) is 18.2 Å². The lowest BCUT2D eigenvalue weighted by atomic mass is 9.95. The van der Waals surface area contributed by atoms with Crippen LogP contribution in [-0.4, -0.2) is 65.3 Å². The summed E-state index contributed by atoms with van der Waals surface area (Å²) in [5.41, 5.74) is 0.782. The Morgan fingerprint density at radius 3 is 2.32 bits per heavy atom. The van der Waals surface area contributed by atoms with Crippen molar-refractivity contribution in [3.05, 3.63) is 40.7 Å². The second kappa shape index (κ2) is 14.1. The maximum Gasteiger partial charge on any atom is 0.251 e. The predicted octanol–water partition coefficient (Wildman–Crippen LogP) is 5.25. The number of carbonyl (C=O) groups is 3. The topological polar surface area (TPSA) is 81.8 Å². The van der Waals surface area contributed by atoms with Gasteiger partial charge in [0.15, 0.2) is 0 Å². The van der Waals surface area contributed by atoms with Crippen molar-refractivity contribution >= 4 is 35.0 Å². The zero-order valence-corrected chi connectivity index (χ0v) is 24.7. The fraction of sp³-hybridized carbons (Fsp3) is 0.621. The third-order valence-corrected chi connectivity index (χ3v) is 7.46. The van der Waals surface area contributed by atoms with Gasteiger partial charge in [-0.25, -0.2) is 4.39 Å². The van der Waals surface area contributed by atoms with E-state index < -0.39 is 11.9 Å². The molecule has 0 aliphatic carbocycles. The highest BCUT2D eigenvalue weighted by Crippen LogP contribution is 2.23. The monoisotopic (exact) mass is 550 g/mol. The minimum absolute atomic E-state index is 0.00487. The summed E-state index contributed by atoms with van der Waals surface area (Å²) in [6.07, 6.45) is 4.60. The molecular weight excluding hydrogens is 507 g/mol. The van der Waals surface area contributed by atoms with Crippen LogP contribution in [0.1, 0.15) is 67.7 Å². The summed E-state index contributed by atoms with van der Waals surface area (Å²) >= 11 is 5.83. The summed E-state index contributed by atoms with van der Waals surface area (Å²) in [5.74, 6) is -1.36. The average molecular weight is 551 g/mol. The number of anilines is 1. The molecule has 1 heterocycles. The molecule has 7 nitrogen and oxygen atoms in total. The standard InChI is InChI=1S/C29H44ClFN4O3/c1-17(2)25(15-20(7)27(36)32-21-12-13-23(31)22(30)16-21)34(8)29(38)26(18(3)4)33-28(37)24-11-9-10-14-35(24)19(5)6/h12-13,15-19,24-26H,9-11,14H2,1-8H3,(H,32,36)(H,33,37)/t24-,25?,26+/m1/s1. The van der Waals surface area contributed by atoms with Gasteiger partial charge in [-0.3, -0.25) is 19.3 Å².